The Labute approximate surface area is 179 Å². The Hall–Kier alpha value is -2.28. The molecule has 30 heavy (non-hydrogen) atoms. The van der Waals surface area contributed by atoms with E-state index in [0.717, 1.165) is 56.9 Å². The van der Waals surface area contributed by atoms with Gasteiger partial charge in [0.05, 0.1) is 5.56 Å². The molecule has 1 N–H and O–H groups in total. The summed E-state index contributed by atoms with van der Waals surface area (Å²) in [5.74, 6) is 0.0244. The number of rotatable bonds is 6. The maximum Gasteiger partial charge on any atom is 0.387 e. The van der Waals surface area contributed by atoms with Crippen molar-refractivity contribution >= 4 is 28.5 Å². The first-order valence-electron chi connectivity index (χ1n) is 10.6. The van der Waals surface area contributed by atoms with Crippen LogP contribution < -0.4 is 10.1 Å². The number of halogens is 2. The minimum absolute atomic E-state index is 0.0504. The minimum Gasteiger partial charge on any atom is -0.434 e. The quantitative estimate of drug-likeness (QED) is 0.566. The maximum atomic E-state index is 13.2. The first kappa shape index (κ1) is 21.0. The van der Waals surface area contributed by atoms with Crippen molar-refractivity contribution in [1.82, 2.24) is 5.32 Å². The SMILES string of the molecule is O=C(NC1CCCCC1)c1c(N=Cc2ccccc2OC(F)F)sc2c1CCCC2. The van der Waals surface area contributed by atoms with Gasteiger partial charge in [-0.2, -0.15) is 8.78 Å². The summed E-state index contributed by atoms with van der Waals surface area (Å²) in [6.45, 7) is -2.90. The Kier molecular flexibility index (Phi) is 6.77. The van der Waals surface area contributed by atoms with Gasteiger partial charge in [-0.1, -0.05) is 31.4 Å². The monoisotopic (exact) mass is 432 g/mol. The summed E-state index contributed by atoms with van der Waals surface area (Å²) < 4.78 is 30.0. The number of aliphatic imine (C=N–C) groups is 1. The molecule has 1 saturated carbocycles. The number of carbonyl (C=O) groups excluding carboxylic acids is 1. The van der Waals surface area contributed by atoms with Crippen LogP contribution in [-0.4, -0.2) is 24.8 Å². The first-order valence-corrected chi connectivity index (χ1v) is 11.5. The Morgan fingerprint density at radius 1 is 1.13 bits per heavy atom. The predicted octanol–water partition coefficient (Wildman–Crippen LogP) is 6.04. The first-order chi connectivity index (χ1) is 14.6. The van der Waals surface area contributed by atoms with E-state index in [0.29, 0.717) is 16.1 Å². The maximum absolute atomic E-state index is 13.2. The Morgan fingerprint density at radius 2 is 1.90 bits per heavy atom. The molecule has 4 rings (SSSR count). The van der Waals surface area contributed by atoms with Gasteiger partial charge >= 0.3 is 6.61 Å². The lowest BCUT2D eigenvalue weighted by Crippen LogP contribution is -2.36. The molecule has 2 aromatic rings. The lowest BCUT2D eigenvalue weighted by molar-refractivity contribution is -0.0499. The molecule has 160 valence electrons. The second-order valence-electron chi connectivity index (χ2n) is 7.87. The predicted molar refractivity (Wildman–Crippen MR) is 116 cm³/mol. The highest BCUT2D eigenvalue weighted by molar-refractivity contribution is 7.16. The number of benzene rings is 1. The van der Waals surface area contributed by atoms with Crippen LogP contribution in [0.3, 0.4) is 0 Å². The van der Waals surface area contributed by atoms with Gasteiger partial charge in [-0.25, -0.2) is 4.99 Å². The molecule has 2 aliphatic rings. The molecule has 1 fully saturated rings. The van der Waals surface area contributed by atoms with Crippen LogP contribution in [0.2, 0.25) is 0 Å². The Morgan fingerprint density at radius 3 is 2.70 bits per heavy atom. The molecular weight excluding hydrogens is 406 g/mol. The van der Waals surface area contributed by atoms with Crippen molar-refractivity contribution in [3.8, 4) is 5.75 Å². The third kappa shape index (κ3) is 4.89. The minimum atomic E-state index is -2.90. The Bertz CT molecular complexity index is 920. The number of thiophene rings is 1. The zero-order valence-corrected chi connectivity index (χ0v) is 17.6. The fourth-order valence-corrected chi connectivity index (χ4v) is 5.53. The molecule has 0 radical (unpaired) electrons. The number of ether oxygens (including phenoxy) is 1. The molecule has 1 aromatic carbocycles. The van der Waals surface area contributed by atoms with Gasteiger partial charge in [0.1, 0.15) is 10.8 Å². The molecule has 2 aliphatic carbocycles. The van der Waals surface area contributed by atoms with E-state index in [1.54, 1.807) is 29.5 Å². The molecule has 1 aromatic heterocycles. The lowest BCUT2D eigenvalue weighted by atomic mass is 9.93. The molecule has 0 atom stereocenters. The van der Waals surface area contributed by atoms with Crippen LogP contribution in [0.5, 0.6) is 5.75 Å². The van der Waals surface area contributed by atoms with Gasteiger partial charge in [-0.05, 0) is 56.2 Å². The third-order valence-corrected chi connectivity index (χ3v) is 6.98. The fraction of sp³-hybridized carbons (Fsp3) is 0.478. The van der Waals surface area contributed by atoms with Crippen molar-refractivity contribution < 1.29 is 18.3 Å². The number of carbonyl (C=O) groups is 1. The topological polar surface area (TPSA) is 50.7 Å². The van der Waals surface area contributed by atoms with Crippen molar-refractivity contribution in [1.29, 1.82) is 0 Å². The van der Waals surface area contributed by atoms with E-state index < -0.39 is 6.61 Å². The van der Waals surface area contributed by atoms with Crippen LogP contribution in [0.25, 0.3) is 0 Å². The van der Waals surface area contributed by atoms with E-state index in [9.17, 15) is 13.6 Å². The van der Waals surface area contributed by atoms with Crippen LogP contribution >= 0.6 is 11.3 Å². The molecule has 4 nitrogen and oxygen atoms in total. The normalized spacial score (nSPS) is 17.3. The number of para-hydroxylation sites is 1. The summed E-state index contributed by atoms with van der Waals surface area (Å²) in [4.78, 5) is 19.0. The summed E-state index contributed by atoms with van der Waals surface area (Å²) in [5, 5.41) is 3.87. The number of aryl methyl sites for hydroxylation is 1. The molecule has 0 bridgehead atoms. The summed E-state index contributed by atoms with van der Waals surface area (Å²) in [6, 6.07) is 6.78. The highest BCUT2D eigenvalue weighted by Crippen LogP contribution is 2.40. The van der Waals surface area contributed by atoms with Crippen molar-refractivity contribution in [3.63, 3.8) is 0 Å². The summed E-state index contributed by atoms with van der Waals surface area (Å²) >= 11 is 1.54. The number of nitrogens with one attached hydrogen (secondary N) is 1. The van der Waals surface area contributed by atoms with E-state index in [1.807, 2.05) is 0 Å². The highest BCUT2D eigenvalue weighted by Gasteiger charge is 2.27. The highest BCUT2D eigenvalue weighted by atomic mass is 32.1. The van der Waals surface area contributed by atoms with E-state index in [-0.39, 0.29) is 17.7 Å². The van der Waals surface area contributed by atoms with Gasteiger partial charge in [0, 0.05) is 22.7 Å². The van der Waals surface area contributed by atoms with Gasteiger partial charge in [-0.15, -0.1) is 11.3 Å². The van der Waals surface area contributed by atoms with Gasteiger partial charge in [0.15, 0.2) is 0 Å². The van der Waals surface area contributed by atoms with Crippen LogP contribution in [0, 0.1) is 0 Å². The van der Waals surface area contributed by atoms with Crippen LogP contribution in [0.4, 0.5) is 13.8 Å². The second-order valence-corrected chi connectivity index (χ2v) is 8.96. The van der Waals surface area contributed by atoms with Crippen molar-refractivity contribution in [2.45, 2.75) is 70.4 Å². The number of hydrogen-bond acceptors (Lipinski definition) is 4. The number of alkyl halides is 2. The number of hydrogen-bond donors (Lipinski definition) is 1. The van der Waals surface area contributed by atoms with Crippen molar-refractivity contribution in [2.24, 2.45) is 4.99 Å². The van der Waals surface area contributed by atoms with E-state index in [2.05, 4.69) is 15.0 Å². The number of fused-ring (bicyclic) bond motifs is 1. The van der Waals surface area contributed by atoms with Crippen LogP contribution in [0.15, 0.2) is 29.3 Å². The molecular formula is C23H26F2N2O2S. The van der Waals surface area contributed by atoms with E-state index in [1.165, 1.54) is 23.6 Å². The largest absolute Gasteiger partial charge is 0.434 e. The van der Waals surface area contributed by atoms with E-state index in [4.69, 9.17) is 0 Å². The summed E-state index contributed by atoms with van der Waals surface area (Å²) in [7, 11) is 0. The summed E-state index contributed by atoms with van der Waals surface area (Å²) in [6.07, 6.45) is 11.1. The van der Waals surface area contributed by atoms with Gasteiger partial charge in [0.2, 0.25) is 0 Å². The second kappa shape index (κ2) is 9.69. The summed E-state index contributed by atoms with van der Waals surface area (Å²) in [5.41, 5.74) is 2.25. The fourth-order valence-electron chi connectivity index (χ4n) is 4.30. The van der Waals surface area contributed by atoms with Crippen molar-refractivity contribution in [2.75, 3.05) is 0 Å². The standard InChI is InChI=1S/C23H26F2N2O2S/c24-23(25)29-18-12-6-4-8-15(18)14-26-22-20(17-11-5-7-13-19(17)30-22)21(28)27-16-9-2-1-3-10-16/h4,6,8,12,14,16,23H,1-3,5,7,9-11,13H2,(H,27,28). The average molecular weight is 433 g/mol. The average Bonchev–Trinajstić information content (AvgIpc) is 3.12. The Balaban J connectivity index is 1.62. The van der Waals surface area contributed by atoms with E-state index >= 15 is 0 Å². The molecule has 7 heteroatoms. The molecule has 1 amide bonds. The smallest absolute Gasteiger partial charge is 0.387 e. The zero-order chi connectivity index (χ0) is 20.9. The zero-order valence-electron chi connectivity index (χ0n) is 16.8. The third-order valence-electron chi connectivity index (χ3n) is 5.78. The molecule has 0 spiro atoms. The van der Waals surface area contributed by atoms with Crippen LogP contribution in [-0.2, 0) is 12.8 Å². The van der Waals surface area contributed by atoms with Gasteiger partial charge in [-0.3, -0.25) is 4.79 Å². The van der Waals surface area contributed by atoms with Gasteiger partial charge in [0.25, 0.3) is 5.91 Å². The molecule has 0 unspecified atom stereocenters. The molecule has 0 saturated heterocycles. The number of amides is 1. The van der Waals surface area contributed by atoms with Crippen molar-refractivity contribution in [3.05, 3.63) is 45.8 Å². The number of nitrogens with zero attached hydrogens (tertiary/aromatic N) is 1. The van der Waals surface area contributed by atoms with Crippen LogP contribution in [0.1, 0.15) is 71.3 Å². The van der Waals surface area contributed by atoms with Gasteiger partial charge < -0.3 is 10.1 Å². The lowest BCUT2D eigenvalue weighted by Gasteiger charge is -2.23. The molecule has 0 aliphatic heterocycles. The molecule has 1 heterocycles.